The van der Waals surface area contributed by atoms with Crippen LogP contribution in [0.2, 0.25) is 0 Å². The van der Waals surface area contributed by atoms with Crippen LogP contribution >= 0.6 is 12.2 Å². The third-order valence-electron chi connectivity index (χ3n) is 7.13. The maximum atomic E-state index is 13.2. The molecule has 4 saturated carbocycles. The Bertz CT molecular complexity index is 1160. The van der Waals surface area contributed by atoms with Crippen molar-refractivity contribution in [3.63, 3.8) is 0 Å². The standard InChI is InChI=1S/C23H26N4O4S2/c28-27(29)20-3-1-2-19(11-20)25-22(32)24-18-4-6-21(7-5-18)33(30,31)26-23-12-15-8-16(13-23)10-17(9-15)14-23/h1-7,11,15-17,26H,8-10,12-14H2,(H2,24,25,32). The molecule has 10 heteroatoms. The second-order valence-corrected chi connectivity index (χ2v) is 11.8. The summed E-state index contributed by atoms with van der Waals surface area (Å²) < 4.78 is 29.4. The molecule has 174 valence electrons. The Morgan fingerprint density at radius 3 is 2.09 bits per heavy atom. The van der Waals surface area contributed by atoms with Crippen molar-refractivity contribution in [2.45, 2.75) is 49.0 Å². The fraction of sp³-hybridized carbons (Fsp3) is 0.435. The second kappa shape index (κ2) is 8.34. The lowest BCUT2D eigenvalue weighted by Gasteiger charge is -2.56. The van der Waals surface area contributed by atoms with Crippen LogP contribution in [0.25, 0.3) is 0 Å². The quantitative estimate of drug-likeness (QED) is 0.309. The Morgan fingerprint density at radius 2 is 1.52 bits per heavy atom. The van der Waals surface area contributed by atoms with E-state index in [-0.39, 0.29) is 21.2 Å². The number of nitro groups is 1. The number of rotatable bonds is 6. The molecule has 8 nitrogen and oxygen atoms in total. The molecule has 3 N–H and O–H groups in total. The zero-order valence-electron chi connectivity index (χ0n) is 18.0. The van der Waals surface area contributed by atoms with Crippen LogP contribution in [0.3, 0.4) is 0 Å². The van der Waals surface area contributed by atoms with Gasteiger partial charge < -0.3 is 10.6 Å². The van der Waals surface area contributed by atoms with Crippen molar-refractivity contribution in [3.8, 4) is 0 Å². The number of hydrogen-bond acceptors (Lipinski definition) is 5. The number of nitrogens with one attached hydrogen (secondary N) is 3. The van der Waals surface area contributed by atoms with E-state index in [9.17, 15) is 18.5 Å². The van der Waals surface area contributed by atoms with Crippen LogP contribution in [0.4, 0.5) is 17.1 Å². The Labute approximate surface area is 198 Å². The van der Waals surface area contributed by atoms with Gasteiger partial charge in [0.15, 0.2) is 5.11 Å². The molecule has 0 heterocycles. The van der Waals surface area contributed by atoms with Gasteiger partial charge in [-0.2, -0.15) is 0 Å². The molecule has 0 spiro atoms. The summed E-state index contributed by atoms with van der Waals surface area (Å²) >= 11 is 5.28. The van der Waals surface area contributed by atoms with Crippen molar-refractivity contribution in [2.24, 2.45) is 17.8 Å². The largest absolute Gasteiger partial charge is 0.332 e. The lowest BCUT2D eigenvalue weighted by molar-refractivity contribution is -0.384. The Balaban J connectivity index is 1.23. The molecule has 4 aliphatic rings. The van der Waals surface area contributed by atoms with Gasteiger partial charge in [0.1, 0.15) is 0 Å². The van der Waals surface area contributed by atoms with Gasteiger partial charge >= 0.3 is 0 Å². The van der Waals surface area contributed by atoms with E-state index in [4.69, 9.17) is 12.2 Å². The predicted molar refractivity (Wildman–Crippen MR) is 131 cm³/mol. The van der Waals surface area contributed by atoms with Gasteiger partial charge in [0.2, 0.25) is 10.0 Å². The number of anilines is 2. The molecule has 0 radical (unpaired) electrons. The van der Waals surface area contributed by atoms with Crippen LogP contribution in [0.15, 0.2) is 53.4 Å². The van der Waals surface area contributed by atoms with Crippen molar-refractivity contribution in [1.82, 2.24) is 4.72 Å². The number of benzene rings is 2. The number of nitrogens with zero attached hydrogens (tertiary/aromatic N) is 1. The van der Waals surface area contributed by atoms with Gasteiger partial charge in [-0.25, -0.2) is 13.1 Å². The Hall–Kier alpha value is -2.56. The van der Waals surface area contributed by atoms with Gasteiger partial charge in [-0.1, -0.05) is 6.07 Å². The highest BCUT2D eigenvalue weighted by molar-refractivity contribution is 7.89. The summed E-state index contributed by atoms with van der Waals surface area (Å²) in [5.74, 6) is 1.97. The van der Waals surface area contributed by atoms with E-state index in [2.05, 4.69) is 15.4 Å². The van der Waals surface area contributed by atoms with E-state index in [1.807, 2.05) is 0 Å². The molecule has 4 bridgehead atoms. The van der Waals surface area contributed by atoms with Crippen molar-refractivity contribution in [2.75, 3.05) is 10.6 Å². The summed E-state index contributed by atoms with van der Waals surface area (Å²) in [6.45, 7) is 0. The van der Waals surface area contributed by atoms with Gasteiger partial charge in [-0.05, 0) is 98.8 Å². The molecule has 4 aliphatic carbocycles. The molecule has 0 aromatic heterocycles. The molecular weight excluding hydrogens is 460 g/mol. The molecule has 2 aromatic rings. The molecule has 6 rings (SSSR count). The number of nitro benzene ring substituents is 1. The highest BCUT2D eigenvalue weighted by Crippen LogP contribution is 2.56. The first-order valence-electron chi connectivity index (χ1n) is 11.2. The fourth-order valence-electron chi connectivity index (χ4n) is 6.29. The molecule has 0 atom stereocenters. The number of sulfonamides is 1. The average molecular weight is 487 g/mol. The molecule has 33 heavy (non-hydrogen) atoms. The normalized spacial score (nSPS) is 27.8. The zero-order valence-corrected chi connectivity index (χ0v) is 19.6. The lowest BCUT2D eigenvalue weighted by atomic mass is 9.53. The third kappa shape index (κ3) is 4.73. The number of hydrogen-bond donors (Lipinski definition) is 3. The van der Waals surface area contributed by atoms with E-state index >= 15 is 0 Å². The Kier molecular flexibility index (Phi) is 5.62. The van der Waals surface area contributed by atoms with Gasteiger partial charge in [0.25, 0.3) is 5.69 Å². The summed E-state index contributed by atoms with van der Waals surface area (Å²) in [7, 11) is -3.62. The maximum Gasteiger partial charge on any atom is 0.271 e. The lowest BCUT2D eigenvalue weighted by Crippen LogP contribution is -2.59. The van der Waals surface area contributed by atoms with E-state index in [0.717, 1.165) is 19.3 Å². The minimum atomic E-state index is -3.62. The van der Waals surface area contributed by atoms with E-state index in [1.165, 1.54) is 31.4 Å². The zero-order chi connectivity index (χ0) is 23.2. The second-order valence-electron chi connectivity index (χ2n) is 9.71. The molecule has 0 unspecified atom stereocenters. The van der Waals surface area contributed by atoms with Gasteiger partial charge in [0.05, 0.1) is 9.82 Å². The molecule has 0 amide bonds. The van der Waals surface area contributed by atoms with Crippen LogP contribution in [0, 0.1) is 27.9 Å². The van der Waals surface area contributed by atoms with E-state index in [0.29, 0.717) is 29.1 Å². The van der Waals surface area contributed by atoms with Crippen molar-refractivity contribution < 1.29 is 13.3 Å². The van der Waals surface area contributed by atoms with Gasteiger partial charge in [-0.15, -0.1) is 0 Å². The summed E-state index contributed by atoms with van der Waals surface area (Å²) in [6.07, 6.45) is 6.63. The molecule has 2 aromatic carbocycles. The monoisotopic (exact) mass is 486 g/mol. The maximum absolute atomic E-state index is 13.2. The molecule has 4 fully saturated rings. The SMILES string of the molecule is O=[N+]([O-])c1cccc(NC(=S)Nc2ccc(S(=O)(=O)NC34CC5CC(CC(C5)C3)C4)cc2)c1. The molecule has 0 aliphatic heterocycles. The Morgan fingerprint density at radius 1 is 0.939 bits per heavy atom. The molecule has 0 saturated heterocycles. The topological polar surface area (TPSA) is 113 Å². The van der Waals surface area contributed by atoms with Crippen LogP contribution in [0.1, 0.15) is 38.5 Å². The van der Waals surface area contributed by atoms with Crippen molar-refractivity contribution in [1.29, 1.82) is 0 Å². The minimum absolute atomic E-state index is 0.0381. The van der Waals surface area contributed by atoms with Crippen molar-refractivity contribution >= 4 is 44.4 Å². The smallest absolute Gasteiger partial charge is 0.271 e. The first-order valence-corrected chi connectivity index (χ1v) is 13.1. The third-order valence-corrected chi connectivity index (χ3v) is 8.93. The van der Waals surface area contributed by atoms with Crippen LogP contribution in [0.5, 0.6) is 0 Å². The van der Waals surface area contributed by atoms with E-state index in [1.54, 1.807) is 36.4 Å². The van der Waals surface area contributed by atoms with Gasteiger partial charge in [-0.3, -0.25) is 10.1 Å². The van der Waals surface area contributed by atoms with Crippen molar-refractivity contribution in [3.05, 3.63) is 58.6 Å². The highest BCUT2D eigenvalue weighted by atomic mass is 32.2. The predicted octanol–water partition coefficient (Wildman–Crippen LogP) is 4.65. The fourth-order valence-corrected chi connectivity index (χ4v) is 7.96. The minimum Gasteiger partial charge on any atom is -0.332 e. The first kappa shape index (κ1) is 22.2. The van der Waals surface area contributed by atoms with Crippen LogP contribution < -0.4 is 15.4 Å². The summed E-state index contributed by atoms with van der Waals surface area (Å²) in [5.41, 5.74) is 0.783. The first-order chi connectivity index (χ1) is 15.7. The molecular formula is C23H26N4O4S2. The average Bonchev–Trinajstić information content (AvgIpc) is 2.72. The summed E-state index contributed by atoms with van der Waals surface area (Å²) in [6, 6.07) is 12.5. The number of non-ortho nitro benzene ring substituents is 1. The summed E-state index contributed by atoms with van der Waals surface area (Å²) in [5, 5.41) is 17.0. The highest BCUT2D eigenvalue weighted by Gasteiger charge is 2.52. The van der Waals surface area contributed by atoms with Crippen LogP contribution in [-0.2, 0) is 10.0 Å². The van der Waals surface area contributed by atoms with Gasteiger partial charge in [0, 0.05) is 29.0 Å². The van der Waals surface area contributed by atoms with Crippen LogP contribution in [-0.4, -0.2) is 24.0 Å². The number of thiocarbonyl (C=S) groups is 1. The summed E-state index contributed by atoms with van der Waals surface area (Å²) in [4.78, 5) is 10.7. The van der Waals surface area contributed by atoms with E-state index < -0.39 is 14.9 Å².